The molecule has 0 bridgehead atoms. The van der Waals surface area contributed by atoms with E-state index in [-0.39, 0.29) is 12.4 Å². The third-order valence-electron chi connectivity index (χ3n) is 4.50. The fourth-order valence-corrected chi connectivity index (χ4v) is 3.30. The summed E-state index contributed by atoms with van der Waals surface area (Å²) < 4.78 is 19.8. The molecule has 0 amide bonds. The van der Waals surface area contributed by atoms with Crippen molar-refractivity contribution in [1.29, 1.82) is 0 Å². The molecule has 0 aliphatic carbocycles. The van der Waals surface area contributed by atoms with Gasteiger partial charge < -0.3 is 10.5 Å². The van der Waals surface area contributed by atoms with E-state index in [1.807, 2.05) is 24.3 Å². The lowest BCUT2D eigenvalue weighted by molar-refractivity contribution is 0.278. The average molecular weight is 349 g/mol. The molecule has 0 saturated carbocycles. The highest BCUT2D eigenvalue weighted by molar-refractivity contribution is 6.31. The molecule has 1 fully saturated rings. The number of nitrogens with zero attached hydrogens (tertiary/aromatic N) is 1. The second kappa shape index (κ2) is 7.97. The van der Waals surface area contributed by atoms with Crippen LogP contribution < -0.4 is 10.5 Å². The highest BCUT2D eigenvalue weighted by atomic mass is 35.5. The third kappa shape index (κ3) is 4.07. The number of hydrogen-bond donors (Lipinski definition) is 1. The van der Waals surface area contributed by atoms with Crippen LogP contribution >= 0.6 is 11.6 Å². The topological polar surface area (TPSA) is 38.5 Å². The minimum Gasteiger partial charge on any atom is -0.488 e. The Morgan fingerprint density at radius 2 is 2.04 bits per heavy atom. The summed E-state index contributed by atoms with van der Waals surface area (Å²) >= 11 is 6.06. The molecule has 0 unspecified atom stereocenters. The van der Waals surface area contributed by atoms with Gasteiger partial charge in [0.05, 0.1) is 5.02 Å². The molecule has 0 aromatic heterocycles. The molecule has 1 aliphatic heterocycles. The predicted molar refractivity (Wildman–Crippen MR) is 94.6 cm³/mol. The van der Waals surface area contributed by atoms with Crippen LogP contribution in [0.3, 0.4) is 0 Å². The standard InChI is InChI=1S/C19H22ClFN2O/c20-17-5-3-6-18(21)16(17)13-24-19-7-2-1-4-15(19)12-23-9-8-14(10-22)11-23/h1-7,14H,8-13,22H2/t14-/m0/s1. The van der Waals surface area contributed by atoms with Crippen LogP contribution in [0.4, 0.5) is 4.39 Å². The largest absolute Gasteiger partial charge is 0.488 e. The Morgan fingerprint density at radius 3 is 2.79 bits per heavy atom. The highest BCUT2D eigenvalue weighted by Gasteiger charge is 2.22. The summed E-state index contributed by atoms with van der Waals surface area (Å²) in [6, 6.07) is 12.5. The maximum atomic E-state index is 13.9. The Labute approximate surface area is 147 Å². The first-order valence-electron chi connectivity index (χ1n) is 8.23. The van der Waals surface area contributed by atoms with Crippen LogP contribution in [0.25, 0.3) is 0 Å². The van der Waals surface area contributed by atoms with E-state index in [1.165, 1.54) is 6.07 Å². The van der Waals surface area contributed by atoms with Crippen molar-refractivity contribution in [2.24, 2.45) is 11.7 Å². The molecule has 1 aliphatic rings. The smallest absolute Gasteiger partial charge is 0.131 e. The fourth-order valence-electron chi connectivity index (χ4n) is 3.09. The molecule has 0 spiro atoms. The van der Waals surface area contributed by atoms with Crippen molar-refractivity contribution in [3.63, 3.8) is 0 Å². The van der Waals surface area contributed by atoms with Crippen molar-refractivity contribution < 1.29 is 9.13 Å². The molecular formula is C19H22ClFN2O. The fraction of sp³-hybridized carbons (Fsp3) is 0.368. The van der Waals surface area contributed by atoms with Gasteiger partial charge in [-0.2, -0.15) is 0 Å². The monoisotopic (exact) mass is 348 g/mol. The maximum absolute atomic E-state index is 13.9. The lowest BCUT2D eigenvalue weighted by Gasteiger charge is -2.18. The first-order valence-corrected chi connectivity index (χ1v) is 8.61. The van der Waals surface area contributed by atoms with Gasteiger partial charge in [0.15, 0.2) is 0 Å². The quantitative estimate of drug-likeness (QED) is 0.862. The van der Waals surface area contributed by atoms with E-state index in [4.69, 9.17) is 22.1 Å². The zero-order chi connectivity index (χ0) is 16.9. The number of para-hydroxylation sites is 1. The molecule has 3 nitrogen and oxygen atoms in total. The maximum Gasteiger partial charge on any atom is 0.131 e. The summed E-state index contributed by atoms with van der Waals surface area (Å²) in [4.78, 5) is 2.38. The number of likely N-dealkylation sites (tertiary alicyclic amines) is 1. The summed E-state index contributed by atoms with van der Waals surface area (Å²) in [7, 11) is 0. The summed E-state index contributed by atoms with van der Waals surface area (Å²) in [6.45, 7) is 3.74. The molecular weight excluding hydrogens is 327 g/mol. The summed E-state index contributed by atoms with van der Waals surface area (Å²) in [5, 5.41) is 0.387. The van der Waals surface area contributed by atoms with Crippen LogP contribution in [0.15, 0.2) is 42.5 Å². The van der Waals surface area contributed by atoms with Crippen LogP contribution in [-0.4, -0.2) is 24.5 Å². The zero-order valence-electron chi connectivity index (χ0n) is 13.6. The molecule has 1 saturated heterocycles. The van der Waals surface area contributed by atoms with E-state index in [1.54, 1.807) is 12.1 Å². The third-order valence-corrected chi connectivity index (χ3v) is 4.86. The van der Waals surface area contributed by atoms with Gasteiger partial charge in [-0.15, -0.1) is 0 Å². The van der Waals surface area contributed by atoms with Crippen molar-refractivity contribution in [3.8, 4) is 5.75 Å². The Hall–Kier alpha value is -1.62. The highest BCUT2D eigenvalue weighted by Crippen LogP contribution is 2.26. The summed E-state index contributed by atoms with van der Waals surface area (Å²) in [5.41, 5.74) is 7.25. The lowest BCUT2D eigenvalue weighted by atomic mass is 10.1. The van der Waals surface area contributed by atoms with Gasteiger partial charge >= 0.3 is 0 Å². The second-order valence-corrected chi connectivity index (χ2v) is 6.63. The van der Waals surface area contributed by atoms with Crippen molar-refractivity contribution in [3.05, 3.63) is 64.4 Å². The number of rotatable bonds is 6. The molecule has 1 heterocycles. The van der Waals surface area contributed by atoms with Crippen LogP contribution in [0.2, 0.25) is 5.02 Å². The van der Waals surface area contributed by atoms with E-state index in [9.17, 15) is 4.39 Å². The van der Waals surface area contributed by atoms with E-state index < -0.39 is 0 Å². The molecule has 1 atom stereocenters. The molecule has 3 rings (SSSR count). The van der Waals surface area contributed by atoms with Gasteiger partial charge in [-0.1, -0.05) is 35.9 Å². The SMILES string of the molecule is NC[C@@H]1CCN(Cc2ccccc2OCc2c(F)cccc2Cl)C1. The van der Waals surface area contributed by atoms with Gasteiger partial charge in [-0.05, 0) is 43.6 Å². The van der Waals surface area contributed by atoms with Gasteiger partial charge in [0, 0.05) is 24.2 Å². The van der Waals surface area contributed by atoms with Gasteiger partial charge in [-0.3, -0.25) is 4.90 Å². The van der Waals surface area contributed by atoms with Crippen molar-refractivity contribution in [1.82, 2.24) is 4.90 Å². The molecule has 2 N–H and O–H groups in total. The molecule has 0 radical (unpaired) electrons. The number of ether oxygens (including phenoxy) is 1. The number of hydrogen-bond acceptors (Lipinski definition) is 3. The summed E-state index contributed by atoms with van der Waals surface area (Å²) in [5.74, 6) is 1.01. The van der Waals surface area contributed by atoms with Crippen LogP contribution in [-0.2, 0) is 13.2 Å². The van der Waals surface area contributed by atoms with E-state index >= 15 is 0 Å². The lowest BCUT2D eigenvalue weighted by Crippen LogP contribution is -2.23. The summed E-state index contributed by atoms with van der Waals surface area (Å²) in [6.07, 6.45) is 1.14. The van der Waals surface area contributed by atoms with E-state index in [0.717, 1.165) is 43.9 Å². The Balaban J connectivity index is 1.68. The molecule has 5 heteroatoms. The molecule has 128 valence electrons. The Bertz CT molecular complexity index is 675. The number of benzene rings is 2. The van der Waals surface area contributed by atoms with Crippen molar-refractivity contribution in [2.45, 2.75) is 19.6 Å². The predicted octanol–water partition coefficient (Wildman–Crippen LogP) is 3.84. The van der Waals surface area contributed by atoms with Gasteiger partial charge in [0.25, 0.3) is 0 Å². The van der Waals surface area contributed by atoms with Crippen molar-refractivity contribution in [2.75, 3.05) is 19.6 Å². The Kier molecular flexibility index (Phi) is 5.72. The average Bonchev–Trinajstić information content (AvgIpc) is 3.03. The van der Waals surface area contributed by atoms with Gasteiger partial charge in [0.1, 0.15) is 18.2 Å². The van der Waals surface area contributed by atoms with E-state index in [2.05, 4.69) is 4.90 Å². The number of halogens is 2. The molecule has 2 aromatic carbocycles. The number of nitrogens with two attached hydrogens (primary N) is 1. The first kappa shape index (κ1) is 17.2. The van der Waals surface area contributed by atoms with Gasteiger partial charge in [0.2, 0.25) is 0 Å². The van der Waals surface area contributed by atoms with E-state index in [0.29, 0.717) is 16.5 Å². The van der Waals surface area contributed by atoms with Crippen molar-refractivity contribution >= 4 is 11.6 Å². The normalized spacial score (nSPS) is 18.0. The van der Waals surface area contributed by atoms with Gasteiger partial charge in [-0.25, -0.2) is 4.39 Å². The second-order valence-electron chi connectivity index (χ2n) is 6.22. The zero-order valence-corrected chi connectivity index (χ0v) is 14.3. The molecule has 2 aromatic rings. The molecule has 24 heavy (non-hydrogen) atoms. The van der Waals surface area contributed by atoms with Crippen LogP contribution in [0, 0.1) is 11.7 Å². The minimum absolute atomic E-state index is 0.119. The van der Waals surface area contributed by atoms with Crippen LogP contribution in [0.1, 0.15) is 17.5 Å². The Morgan fingerprint density at radius 1 is 1.21 bits per heavy atom. The van der Waals surface area contributed by atoms with Crippen LogP contribution in [0.5, 0.6) is 5.75 Å². The minimum atomic E-state index is -0.342. The first-order chi connectivity index (χ1) is 11.7.